The number of halogens is 6. The minimum Gasteiger partial charge on any atom is -0.508 e. The van der Waals surface area contributed by atoms with E-state index in [-0.39, 0.29) is 42.4 Å². The van der Waals surface area contributed by atoms with Crippen LogP contribution in [0.5, 0.6) is 11.8 Å². The van der Waals surface area contributed by atoms with Gasteiger partial charge >= 0.3 is 12.2 Å². The summed E-state index contributed by atoms with van der Waals surface area (Å²) >= 11 is 0. The number of aromatic hydroxyl groups is 1. The molecule has 4 fully saturated rings. The van der Waals surface area contributed by atoms with Crippen LogP contribution >= 0.6 is 0 Å². The molecule has 4 aliphatic rings. The molecule has 8 rings (SSSR count). The molecular weight excluding hydrogens is 610 g/mol. The van der Waals surface area contributed by atoms with Crippen LogP contribution in [0.3, 0.4) is 0 Å². The first-order valence-corrected chi connectivity index (χ1v) is 15.8. The third-order valence-corrected chi connectivity index (χ3v) is 10.7. The summed E-state index contributed by atoms with van der Waals surface area (Å²) in [5.41, 5.74) is 0.625. The van der Waals surface area contributed by atoms with E-state index in [0.29, 0.717) is 53.5 Å². The van der Waals surface area contributed by atoms with E-state index >= 15 is 4.39 Å². The summed E-state index contributed by atoms with van der Waals surface area (Å²) in [6.07, 6.45) is -2.20. The third-order valence-electron chi connectivity index (χ3n) is 10.7. The Bertz CT molecular complexity index is 1840. The molecular formula is C34H32F6N4O2. The number of phenols is 1. The highest BCUT2D eigenvalue weighted by Crippen LogP contribution is 2.51. The minimum absolute atomic E-state index is 0.00358. The molecule has 1 aromatic heterocycles. The number of rotatable bonds is 5. The zero-order valence-corrected chi connectivity index (χ0v) is 24.8. The topological polar surface area (TPSA) is 61.7 Å². The van der Waals surface area contributed by atoms with E-state index in [1.165, 1.54) is 18.2 Å². The number of anilines is 1. The maximum Gasteiger partial charge on any atom is 0.392 e. The van der Waals surface area contributed by atoms with Crippen molar-refractivity contribution < 1.29 is 36.2 Å². The number of aromatic nitrogens is 2. The number of piperidine rings is 1. The summed E-state index contributed by atoms with van der Waals surface area (Å²) in [5.74, 6) is -4.24. The van der Waals surface area contributed by atoms with Gasteiger partial charge in [-0.1, -0.05) is 12.1 Å². The maximum absolute atomic E-state index is 15.1. The lowest BCUT2D eigenvalue weighted by Crippen LogP contribution is -2.47. The molecule has 4 atom stereocenters. The molecule has 6 nitrogen and oxygen atoms in total. The molecule has 1 N–H and O–H groups in total. The molecule has 46 heavy (non-hydrogen) atoms. The lowest BCUT2D eigenvalue weighted by Gasteiger charge is -2.39. The number of hydrogen-bond acceptors (Lipinski definition) is 6. The second-order valence-electron chi connectivity index (χ2n) is 13.4. The molecule has 2 bridgehead atoms. The van der Waals surface area contributed by atoms with E-state index < -0.39 is 47.3 Å². The molecule has 12 heteroatoms. The SMILES string of the molecule is Oc1cc(-c2ccc3c(N4CC5CCC(C4)C5C(F)(F)F)nc(OC[C@@]45CCCN4C[C@H](F)C5)nc3c2)c2c(F)c(F)ccc2c1. The van der Waals surface area contributed by atoms with E-state index in [0.717, 1.165) is 25.5 Å². The Labute approximate surface area is 261 Å². The van der Waals surface area contributed by atoms with E-state index in [4.69, 9.17) is 9.72 Å². The van der Waals surface area contributed by atoms with Crippen molar-refractivity contribution in [3.05, 3.63) is 54.1 Å². The van der Waals surface area contributed by atoms with Crippen molar-refractivity contribution in [2.45, 2.75) is 50.0 Å². The van der Waals surface area contributed by atoms with Gasteiger partial charge in [0.15, 0.2) is 11.6 Å². The molecule has 0 radical (unpaired) electrons. The predicted molar refractivity (Wildman–Crippen MR) is 161 cm³/mol. The first kappa shape index (κ1) is 29.6. The van der Waals surface area contributed by atoms with Crippen molar-refractivity contribution in [3.8, 4) is 22.9 Å². The van der Waals surface area contributed by atoms with Crippen LogP contribution < -0.4 is 9.64 Å². The fraction of sp³-hybridized carbons (Fsp3) is 0.471. The second-order valence-corrected chi connectivity index (χ2v) is 13.4. The molecule has 242 valence electrons. The van der Waals surface area contributed by atoms with Crippen molar-refractivity contribution in [2.75, 3.05) is 37.7 Å². The number of hydrogen-bond donors (Lipinski definition) is 1. The Balaban J connectivity index is 1.22. The van der Waals surface area contributed by atoms with Gasteiger partial charge in [0.05, 0.1) is 17.0 Å². The largest absolute Gasteiger partial charge is 0.508 e. The second kappa shape index (κ2) is 10.6. The van der Waals surface area contributed by atoms with Gasteiger partial charge in [-0.3, -0.25) is 4.90 Å². The van der Waals surface area contributed by atoms with E-state index in [1.807, 2.05) is 4.90 Å². The summed E-state index contributed by atoms with van der Waals surface area (Å²) in [4.78, 5) is 13.4. The van der Waals surface area contributed by atoms with Crippen molar-refractivity contribution in [1.82, 2.24) is 14.9 Å². The highest BCUT2D eigenvalue weighted by atomic mass is 19.4. The molecule has 0 spiro atoms. The highest BCUT2D eigenvalue weighted by molar-refractivity contribution is 6.01. The van der Waals surface area contributed by atoms with Crippen LogP contribution in [0, 0.1) is 29.4 Å². The highest BCUT2D eigenvalue weighted by Gasteiger charge is 2.55. The first-order valence-electron chi connectivity index (χ1n) is 15.8. The van der Waals surface area contributed by atoms with Gasteiger partial charge in [-0.2, -0.15) is 23.1 Å². The summed E-state index contributed by atoms with van der Waals surface area (Å²) in [6, 6.07) is 10.2. The molecule has 3 aromatic carbocycles. The summed E-state index contributed by atoms with van der Waals surface area (Å²) in [6.45, 7) is 1.65. The lowest BCUT2D eigenvalue weighted by molar-refractivity contribution is -0.196. The lowest BCUT2D eigenvalue weighted by atomic mass is 9.84. The first-order chi connectivity index (χ1) is 22.0. The van der Waals surface area contributed by atoms with Crippen LogP contribution in [0.15, 0.2) is 42.5 Å². The minimum atomic E-state index is -4.27. The van der Waals surface area contributed by atoms with Gasteiger partial charge in [-0.05, 0) is 90.9 Å². The number of fused-ring (bicyclic) bond motifs is 5. The maximum atomic E-state index is 15.1. The molecule has 4 aromatic rings. The molecule has 1 saturated carbocycles. The van der Waals surface area contributed by atoms with Gasteiger partial charge in [0, 0.05) is 36.8 Å². The average Bonchev–Trinajstić information content (AvgIpc) is 3.64. The fourth-order valence-corrected chi connectivity index (χ4v) is 8.75. The molecule has 0 amide bonds. The summed E-state index contributed by atoms with van der Waals surface area (Å²) < 4.78 is 91.9. The third kappa shape index (κ3) is 4.82. The average molecular weight is 643 g/mol. The Morgan fingerprint density at radius 3 is 2.52 bits per heavy atom. The van der Waals surface area contributed by atoms with Crippen molar-refractivity contribution in [3.63, 3.8) is 0 Å². The summed E-state index contributed by atoms with van der Waals surface area (Å²) in [5, 5.41) is 11.3. The number of alkyl halides is 4. The zero-order valence-electron chi connectivity index (χ0n) is 24.8. The van der Waals surface area contributed by atoms with Crippen LogP contribution in [-0.4, -0.2) is 70.6 Å². The fourth-order valence-electron chi connectivity index (χ4n) is 8.75. The standard InChI is InChI=1S/C34H32F6N4O2/c35-22-13-33(8-1-9-44(33)16-22)17-46-32-41-27-11-18(25-12-23(45)10-19-5-7-26(36)30(37)28(19)25)4-6-24(27)31(42-32)43-14-20-2-3-21(15-43)29(20)34(38,39)40/h4-7,10-12,20-22,29,45H,1-3,8-9,13-17H2/t20?,21?,22-,29?,33+/m1/s1. The van der Waals surface area contributed by atoms with Crippen LogP contribution in [0.1, 0.15) is 32.1 Å². The molecule has 3 aliphatic heterocycles. The molecule has 1 aliphatic carbocycles. The van der Waals surface area contributed by atoms with Gasteiger partial charge in [0.2, 0.25) is 0 Å². The summed E-state index contributed by atoms with van der Waals surface area (Å²) in [7, 11) is 0. The van der Waals surface area contributed by atoms with Gasteiger partial charge < -0.3 is 14.7 Å². The molecule has 2 unspecified atom stereocenters. The number of nitrogens with zero attached hydrogens (tertiary/aromatic N) is 4. The number of ether oxygens (including phenoxy) is 1. The van der Waals surface area contributed by atoms with Crippen LogP contribution in [0.4, 0.5) is 32.2 Å². The van der Waals surface area contributed by atoms with Crippen molar-refractivity contribution in [1.29, 1.82) is 0 Å². The van der Waals surface area contributed by atoms with E-state index in [1.54, 1.807) is 18.2 Å². The molecule has 4 heterocycles. The van der Waals surface area contributed by atoms with E-state index in [2.05, 4.69) is 9.88 Å². The Hall–Kier alpha value is -3.80. The van der Waals surface area contributed by atoms with Gasteiger partial charge in [0.25, 0.3) is 0 Å². The van der Waals surface area contributed by atoms with Gasteiger partial charge in [0.1, 0.15) is 24.3 Å². The number of benzene rings is 3. The van der Waals surface area contributed by atoms with Crippen LogP contribution in [0.25, 0.3) is 32.8 Å². The number of phenolic OH excluding ortho intramolecular Hbond substituents is 1. The molecule has 3 saturated heterocycles. The quantitative estimate of drug-likeness (QED) is 0.229. The van der Waals surface area contributed by atoms with Crippen molar-refractivity contribution in [2.24, 2.45) is 17.8 Å². The van der Waals surface area contributed by atoms with Crippen LogP contribution in [0.2, 0.25) is 0 Å². The van der Waals surface area contributed by atoms with E-state index in [9.17, 15) is 27.1 Å². The normalized spacial score (nSPS) is 28.0. The smallest absolute Gasteiger partial charge is 0.392 e. The van der Waals surface area contributed by atoms with Crippen LogP contribution in [-0.2, 0) is 0 Å². The van der Waals surface area contributed by atoms with Gasteiger partial charge in [-0.25, -0.2) is 13.2 Å². The Kier molecular flexibility index (Phi) is 6.83. The predicted octanol–water partition coefficient (Wildman–Crippen LogP) is 7.41. The zero-order chi connectivity index (χ0) is 32.0. The van der Waals surface area contributed by atoms with Crippen molar-refractivity contribution >= 4 is 27.5 Å². The monoisotopic (exact) mass is 642 g/mol. The Morgan fingerprint density at radius 2 is 1.76 bits per heavy atom. The Morgan fingerprint density at radius 1 is 0.978 bits per heavy atom. The van der Waals surface area contributed by atoms with Gasteiger partial charge in [-0.15, -0.1) is 0 Å².